The topological polar surface area (TPSA) is 0 Å². The predicted molar refractivity (Wildman–Crippen MR) is 27.6 cm³/mol. The van der Waals surface area contributed by atoms with Crippen molar-refractivity contribution in [1.29, 1.82) is 0 Å². The van der Waals surface area contributed by atoms with E-state index in [1.165, 1.54) is 12.8 Å². The molecule has 0 amide bonds. The molecule has 1 fully saturated rings. The minimum Gasteiger partial charge on any atom is -0.0651 e. The molecule has 1 rings (SSSR count). The van der Waals surface area contributed by atoms with E-state index >= 15 is 0 Å². The van der Waals surface area contributed by atoms with Crippen molar-refractivity contribution in [2.24, 2.45) is 11.8 Å². The second kappa shape index (κ2) is 1.25. The van der Waals surface area contributed by atoms with Gasteiger partial charge in [0.1, 0.15) is 0 Å². The Hall–Kier alpha value is 0. The molecule has 2 unspecified atom stereocenters. The van der Waals surface area contributed by atoms with Crippen LogP contribution in [0.25, 0.3) is 0 Å². The lowest BCUT2D eigenvalue weighted by Gasteiger charge is -1.79. The average Bonchev–Trinajstić information content (AvgIpc) is 2.19. The van der Waals surface area contributed by atoms with E-state index in [1.54, 1.807) is 0 Å². The van der Waals surface area contributed by atoms with E-state index in [9.17, 15) is 0 Å². The molecule has 0 heterocycles. The largest absolute Gasteiger partial charge is 0.0651 e. The van der Waals surface area contributed by atoms with Gasteiger partial charge in [0, 0.05) is 0 Å². The smallest absolute Gasteiger partial charge is 0.0388 e. The third kappa shape index (κ3) is 0.562. The minimum atomic E-state index is 1.06. The molecule has 0 heteroatoms. The molecule has 0 aromatic rings. The van der Waals surface area contributed by atoms with E-state index in [-0.39, 0.29) is 0 Å². The summed E-state index contributed by atoms with van der Waals surface area (Å²) in [5.74, 6) is 2.17. The van der Waals surface area contributed by atoms with Gasteiger partial charge in [-0.15, -0.1) is 0 Å². The van der Waals surface area contributed by atoms with Gasteiger partial charge in [-0.1, -0.05) is 20.3 Å². The van der Waals surface area contributed by atoms with Gasteiger partial charge in [-0.2, -0.15) is 0 Å². The van der Waals surface area contributed by atoms with E-state index in [1.807, 2.05) is 0 Å². The molecule has 0 radical (unpaired) electrons. The fourth-order valence-corrected chi connectivity index (χ4v) is 0.968. The Kier molecular flexibility index (Phi) is 0.868. The van der Waals surface area contributed by atoms with Gasteiger partial charge < -0.3 is 0 Å². The highest BCUT2D eigenvalue weighted by atomic mass is 14.3. The Bertz CT molecular complexity index is 46.0. The van der Waals surface area contributed by atoms with Gasteiger partial charge in [-0.25, -0.2) is 0 Å². The van der Waals surface area contributed by atoms with Crippen LogP contribution < -0.4 is 0 Å². The Morgan fingerprint density at radius 3 is 2.17 bits per heavy atom. The quantitative estimate of drug-likeness (QED) is 0.456. The van der Waals surface area contributed by atoms with Crippen LogP contribution in [0.15, 0.2) is 0 Å². The first-order valence-electron chi connectivity index (χ1n) is 2.84. The van der Waals surface area contributed by atoms with E-state index in [2.05, 4.69) is 13.8 Å². The normalized spacial score (nSPS) is 43.0. The highest BCUT2D eigenvalue weighted by Gasteiger charge is 2.29. The molecule has 0 nitrogen and oxygen atoms in total. The SMILES string of the molecule is CCC1CC1C. The highest BCUT2D eigenvalue weighted by molar-refractivity contribution is 4.80. The first kappa shape index (κ1) is 4.17. The first-order chi connectivity index (χ1) is 2.84. The molecule has 0 aliphatic heterocycles. The van der Waals surface area contributed by atoms with Gasteiger partial charge in [0.05, 0.1) is 0 Å². The zero-order valence-corrected chi connectivity index (χ0v) is 4.57. The van der Waals surface area contributed by atoms with Crippen LogP contribution in [0.1, 0.15) is 26.7 Å². The molecule has 0 N–H and O–H groups in total. The molecule has 0 saturated heterocycles. The second-order valence-corrected chi connectivity index (χ2v) is 2.38. The van der Waals surface area contributed by atoms with Crippen molar-refractivity contribution < 1.29 is 0 Å². The van der Waals surface area contributed by atoms with E-state index in [0.29, 0.717) is 0 Å². The highest BCUT2D eigenvalue weighted by Crippen LogP contribution is 2.39. The van der Waals surface area contributed by atoms with Crippen LogP contribution in [-0.2, 0) is 0 Å². The second-order valence-electron chi connectivity index (χ2n) is 2.38. The summed E-state index contributed by atoms with van der Waals surface area (Å²) in [6, 6.07) is 0. The molecule has 36 valence electrons. The van der Waals surface area contributed by atoms with Crippen LogP contribution in [0.5, 0.6) is 0 Å². The van der Waals surface area contributed by atoms with Crippen molar-refractivity contribution >= 4 is 0 Å². The zero-order valence-electron chi connectivity index (χ0n) is 4.57. The average molecular weight is 84.2 g/mol. The molecule has 0 bridgehead atoms. The fraction of sp³-hybridized carbons (Fsp3) is 1.00. The fourth-order valence-electron chi connectivity index (χ4n) is 0.968. The molecule has 0 aromatic heterocycles. The summed E-state index contributed by atoms with van der Waals surface area (Å²) in [6.07, 6.45) is 2.90. The molecule has 2 atom stereocenters. The molecule has 1 aliphatic rings. The predicted octanol–water partition coefficient (Wildman–Crippen LogP) is 2.05. The van der Waals surface area contributed by atoms with Gasteiger partial charge in [-0.3, -0.25) is 0 Å². The van der Waals surface area contributed by atoms with Gasteiger partial charge in [0.15, 0.2) is 0 Å². The van der Waals surface area contributed by atoms with Crippen LogP contribution in [0, 0.1) is 11.8 Å². The van der Waals surface area contributed by atoms with Gasteiger partial charge in [0.25, 0.3) is 0 Å². The lowest BCUT2D eigenvalue weighted by atomic mass is 10.3. The number of rotatable bonds is 1. The molecular formula is C6H12. The monoisotopic (exact) mass is 84.1 g/mol. The van der Waals surface area contributed by atoms with Crippen molar-refractivity contribution in [2.75, 3.05) is 0 Å². The van der Waals surface area contributed by atoms with Crippen molar-refractivity contribution in [2.45, 2.75) is 26.7 Å². The molecule has 1 aliphatic carbocycles. The van der Waals surface area contributed by atoms with Crippen molar-refractivity contribution in [3.05, 3.63) is 0 Å². The van der Waals surface area contributed by atoms with E-state index in [4.69, 9.17) is 0 Å². The third-order valence-corrected chi connectivity index (χ3v) is 1.80. The maximum atomic E-state index is 2.33. The maximum absolute atomic E-state index is 2.33. The van der Waals surface area contributed by atoms with Crippen molar-refractivity contribution in [1.82, 2.24) is 0 Å². The third-order valence-electron chi connectivity index (χ3n) is 1.80. The Morgan fingerprint density at radius 1 is 1.67 bits per heavy atom. The zero-order chi connectivity index (χ0) is 4.57. The van der Waals surface area contributed by atoms with Crippen LogP contribution in [0.2, 0.25) is 0 Å². The number of hydrogen-bond acceptors (Lipinski definition) is 0. The summed E-state index contributed by atoms with van der Waals surface area (Å²) < 4.78 is 0. The summed E-state index contributed by atoms with van der Waals surface area (Å²) in [7, 11) is 0. The Morgan fingerprint density at radius 2 is 2.17 bits per heavy atom. The molecule has 1 saturated carbocycles. The van der Waals surface area contributed by atoms with Gasteiger partial charge in [-0.05, 0) is 18.3 Å². The van der Waals surface area contributed by atoms with Gasteiger partial charge >= 0.3 is 0 Å². The van der Waals surface area contributed by atoms with Crippen molar-refractivity contribution in [3.8, 4) is 0 Å². The first-order valence-corrected chi connectivity index (χ1v) is 2.84. The maximum Gasteiger partial charge on any atom is -0.0388 e. The molecule has 0 aromatic carbocycles. The Balaban J connectivity index is 2.09. The summed E-state index contributed by atoms with van der Waals surface area (Å²) >= 11 is 0. The Labute approximate surface area is 39.6 Å². The van der Waals surface area contributed by atoms with E-state index < -0.39 is 0 Å². The summed E-state index contributed by atoms with van der Waals surface area (Å²) in [5.41, 5.74) is 0. The van der Waals surface area contributed by atoms with Crippen LogP contribution >= 0.6 is 0 Å². The van der Waals surface area contributed by atoms with E-state index in [0.717, 1.165) is 11.8 Å². The van der Waals surface area contributed by atoms with Crippen LogP contribution in [0.3, 0.4) is 0 Å². The summed E-state index contributed by atoms with van der Waals surface area (Å²) in [6.45, 7) is 4.60. The van der Waals surface area contributed by atoms with Crippen LogP contribution in [-0.4, -0.2) is 0 Å². The standard InChI is InChI=1S/C6H12/c1-3-6-4-5(6)2/h5-6H,3-4H2,1-2H3. The molecule has 0 spiro atoms. The molecule has 6 heavy (non-hydrogen) atoms. The summed E-state index contributed by atoms with van der Waals surface area (Å²) in [4.78, 5) is 0. The summed E-state index contributed by atoms with van der Waals surface area (Å²) in [5, 5.41) is 0. The van der Waals surface area contributed by atoms with Crippen molar-refractivity contribution in [3.63, 3.8) is 0 Å². The van der Waals surface area contributed by atoms with Gasteiger partial charge in [0.2, 0.25) is 0 Å². The lowest BCUT2D eigenvalue weighted by molar-refractivity contribution is 0.724. The minimum absolute atomic E-state index is 1.06. The number of hydrogen-bond donors (Lipinski definition) is 0. The molecular weight excluding hydrogens is 72.1 g/mol. The lowest BCUT2D eigenvalue weighted by Crippen LogP contribution is -1.68. The van der Waals surface area contributed by atoms with Crippen LogP contribution in [0.4, 0.5) is 0 Å².